The molecular formula is C11H14N2O2. The van der Waals surface area contributed by atoms with E-state index >= 15 is 0 Å². The molecule has 0 saturated heterocycles. The molecule has 1 aromatic rings. The Balaban J connectivity index is 2.90. The Hall–Kier alpha value is -1.84. The Kier molecular flexibility index (Phi) is 3.44. The first kappa shape index (κ1) is 11.2. The van der Waals surface area contributed by atoms with E-state index in [9.17, 15) is 10.1 Å². The molecule has 0 aromatic heterocycles. The van der Waals surface area contributed by atoms with Crippen molar-refractivity contribution in [1.82, 2.24) is 0 Å². The van der Waals surface area contributed by atoms with Gasteiger partial charge < -0.3 is 5.32 Å². The van der Waals surface area contributed by atoms with Crippen LogP contribution in [0, 0.1) is 17.0 Å². The van der Waals surface area contributed by atoms with Gasteiger partial charge in [-0.1, -0.05) is 18.2 Å². The van der Waals surface area contributed by atoms with Gasteiger partial charge in [0.05, 0.1) is 4.92 Å². The van der Waals surface area contributed by atoms with Crippen molar-refractivity contribution in [3.63, 3.8) is 0 Å². The molecule has 80 valence electrons. The summed E-state index contributed by atoms with van der Waals surface area (Å²) in [4.78, 5) is 10.2. The van der Waals surface area contributed by atoms with Gasteiger partial charge >= 0.3 is 0 Å². The summed E-state index contributed by atoms with van der Waals surface area (Å²) in [5.74, 6) is 0. The lowest BCUT2D eigenvalue weighted by Gasteiger charge is -2.08. The van der Waals surface area contributed by atoms with Crippen LogP contribution in [-0.2, 0) is 0 Å². The average molecular weight is 206 g/mol. The average Bonchev–Trinajstić information content (AvgIpc) is 2.16. The Bertz CT molecular complexity index is 400. The maximum absolute atomic E-state index is 10.6. The highest BCUT2D eigenvalue weighted by molar-refractivity contribution is 5.57. The van der Waals surface area contributed by atoms with Crippen LogP contribution in [0.15, 0.2) is 30.4 Å². The number of nitro groups is 1. The summed E-state index contributed by atoms with van der Waals surface area (Å²) in [6.07, 6.45) is 0. The van der Waals surface area contributed by atoms with Crippen molar-refractivity contribution >= 4 is 11.4 Å². The van der Waals surface area contributed by atoms with Gasteiger partial charge in [0.1, 0.15) is 0 Å². The highest BCUT2D eigenvalue weighted by Gasteiger charge is 2.07. The minimum Gasteiger partial charge on any atom is -0.381 e. The summed E-state index contributed by atoms with van der Waals surface area (Å²) >= 11 is 0. The van der Waals surface area contributed by atoms with Crippen LogP contribution in [0.25, 0.3) is 0 Å². The van der Waals surface area contributed by atoms with Crippen LogP contribution in [0.1, 0.15) is 12.5 Å². The van der Waals surface area contributed by atoms with Crippen LogP contribution in [-0.4, -0.2) is 11.5 Å². The predicted octanol–water partition coefficient (Wildman–Crippen LogP) is 2.89. The molecule has 0 amide bonds. The lowest BCUT2D eigenvalue weighted by Crippen LogP contribution is -2.03. The summed E-state index contributed by atoms with van der Waals surface area (Å²) < 4.78 is 0. The highest BCUT2D eigenvalue weighted by atomic mass is 16.6. The van der Waals surface area contributed by atoms with Crippen LogP contribution < -0.4 is 5.32 Å². The molecule has 0 radical (unpaired) electrons. The van der Waals surface area contributed by atoms with Crippen molar-refractivity contribution in [2.75, 3.05) is 11.9 Å². The van der Waals surface area contributed by atoms with Gasteiger partial charge in [-0.25, -0.2) is 0 Å². The zero-order chi connectivity index (χ0) is 11.4. The number of hydrogen-bond acceptors (Lipinski definition) is 3. The smallest absolute Gasteiger partial charge is 0.271 e. The molecule has 0 aliphatic carbocycles. The van der Waals surface area contributed by atoms with Gasteiger partial charge in [0.25, 0.3) is 5.69 Å². The Labute approximate surface area is 88.8 Å². The Morgan fingerprint density at radius 3 is 2.80 bits per heavy atom. The second-order valence-electron chi connectivity index (χ2n) is 3.57. The van der Waals surface area contributed by atoms with E-state index in [4.69, 9.17) is 0 Å². The summed E-state index contributed by atoms with van der Waals surface area (Å²) in [6, 6.07) is 4.78. The molecule has 0 fully saturated rings. The fourth-order valence-electron chi connectivity index (χ4n) is 1.16. The Morgan fingerprint density at radius 2 is 2.27 bits per heavy atom. The predicted molar refractivity (Wildman–Crippen MR) is 61.1 cm³/mol. The van der Waals surface area contributed by atoms with E-state index in [1.165, 1.54) is 12.1 Å². The molecule has 0 aliphatic heterocycles. The molecule has 0 bridgehead atoms. The lowest BCUT2D eigenvalue weighted by molar-refractivity contribution is -0.384. The zero-order valence-electron chi connectivity index (χ0n) is 8.91. The molecule has 0 unspecified atom stereocenters. The summed E-state index contributed by atoms with van der Waals surface area (Å²) in [5.41, 5.74) is 2.86. The molecule has 1 aromatic carbocycles. The highest BCUT2D eigenvalue weighted by Crippen LogP contribution is 2.21. The van der Waals surface area contributed by atoms with Gasteiger partial charge in [-0.2, -0.15) is 0 Å². The van der Waals surface area contributed by atoms with E-state index < -0.39 is 4.92 Å². The molecule has 4 nitrogen and oxygen atoms in total. The van der Waals surface area contributed by atoms with E-state index in [1.807, 2.05) is 13.8 Å². The number of nitrogens with zero attached hydrogens (tertiary/aromatic N) is 1. The first-order valence-corrected chi connectivity index (χ1v) is 4.64. The molecule has 1 N–H and O–H groups in total. The fourth-order valence-corrected chi connectivity index (χ4v) is 1.16. The van der Waals surface area contributed by atoms with Crippen molar-refractivity contribution in [3.8, 4) is 0 Å². The molecular weight excluding hydrogens is 192 g/mol. The van der Waals surface area contributed by atoms with Crippen molar-refractivity contribution in [1.29, 1.82) is 0 Å². The SMILES string of the molecule is C=C(C)CNc1cc([N+](=O)[O-])ccc1C. The summed E-state index contributed by atoms with van der Waals surface area (Å²) in [7, 11) is 0. The Morgan fingerprint density at radius 1 is 1.60 bits per heavy atom. The van der Waals surface area contributed by atoms with E-state index in [1.54, 1.807) is 6.07 Å². The van der Waals surface area contributed by atoms with E-state index in [0.717, 1.165) is 16.8 Å². The number of benzene rings is 1. The third kappa shape index (κ3) is 3.09. The van der Waals surface area contributed by atoms with Crippen molar-refractivity contribution < 1.29 is 4.92 Å². The number of aryl methyl sites for hydroxylation is 1. The minimum absolute atomic E-state index is 0.102. The van der Waals surface area contributed by atoms with Gasteiger partial charge in [-0.3, -0.25) is 10.1 Å². The quantitative estimate of drug-likeness (QED) is 0.468. The zero-order valence-corrected chi connectivity index (χ0v) is 8.91. The van der Waals surface area contributed by atoms with Gasteiger partial charge in [0.2, 0.25) is 0 Å². The molecule has 15 heavy (non-hydrogen) atoms. The van der Waals surface area contributed by atoms with Gasteiger partial charge in [-0.05, 0) is 19.4 Å². The van der Waals surface area contributed by atoms with Crippen molar-refractivity contribution in [2.24, 2.45) is 0 Å². The number of non-ortho nitro benzene ring substituents is 1. The normalized spacial score (nSPS) is 9.73. The second kappa shape index (κ2) is 4.59. The van der Waals surface area contributed by atoms with E-state index in [0.29, 0.717) is 6.54 Å². The lowest BCUT2D eigenvalue weighted by atomic mass is 10.1. The molecule has 1 rings (SSSR count). The first-order chi connectivity index (χ1) is 7.00. The number of anilines is 1. The largest absolute Gasteiger partial charge is 0.381 e. The van der Waals surface area contributed by atoms with E-state index in [-0.39, 0.29) is 5.69 Å². The summed E-state index contributed by atoms with van der Waals surface area (Å²) in [5, 5.41) is 13.7. The molecule has 0 saturated carbocycles. The fraction of sp³-hybridized carbons (Fsp3) is 0.273. The van der Waals surface area contributed by atoms with Crippen LogP contribution in [0.2, 0.25) is 0 Å². The topological polar surface area (TPSA) is 55.2 Å². The van der Waals surface area contributed by atoms with Gasteiger partial charge in [-0.15, -0.1) is 0 Å². The summed E-state index contributed by atoms with van der Waals surface area (Å²) in [6.45, 7) is 8.20. The molecule has 4 heteroatoms. The van der Waals surface area contributed by atoms with Crippen molar-refractivity contribution in [2.45, 2.75) is 13.8 Å². The molecule has 0 spiro atoms. The van der Waals surface area contributed by atoms with Crippen LogP contribution in [0.4, 0.5) is 11.4 Å². The van der Waals surface area contributed by atoms with Crippen LogP contribution in [0.3, 0.4) is 0 Å². The third-order valence-corrected chi connectivity index (χ3v) is 2.01. The maximum Gasteiger partial charge on any atom is 0.271 e. The number of hydrogen-bond donors (Lipinski definition) is 1. The van der Waals surface area contributed by atoms with Crippen molar-refractivity contribution in [3.05, 3.63) is 46.0 Å². The second-order valence-corrected chi connectivity index (χ2v) is 3.57. The maximum atomic E-state index is 10.6. The van der Waals surface area contributed by atoms with Gasteiger partial charge in [0.15, 0.2) is 0 Å². The third-order valence-electron chi connectivity index (χ3n) is 2.01. The number of rotatable bonds is 4. The van der Waals surface area contributed by atoms with Gasteiger partial charge in [0, 0.05) is 24.4 Å². The number of nitrogens with one attached hydrogen (secondary N) is 1. The first-order valence-electron chi connectivity index (χ1n) is 4.64. The van der Waals surface area contributed by atoms with Crippen LogP contribution in [0.5, 0.6) is 0 Å². The monoisotopic (exact) mass is 206 g/mol. The number of nitro benzene ring substituents is 1. The molecule has 0 heterocycles. The minimum atomic E-state index is -0.397. The van der Waals surface area contributed by atoms with Crippen LogP contribution >= 0.6 is 0 Å². The standard InChI is InChI=1S/C11H14N2O2/c1-8(2)7-12-11-6-10(13(14)15)5-4-9(11)3/h4-6,12H,1,7H2,2-3H3. The molecule has 0 aliphatic rings. The molecule has 0 atom stereocenters. The van der Waals surface area contributed by atoms with E-state index in [2.05, 4.69) is 11.9 Å².